The molecule has 0 spiro atoms. The molecular formula is C26H37N3O6S. The minimum absolute atomic E-state index is 0.0854. The number of nitrogens with zero attached hydrogens (tertiary/aromatic N) is 2. The average Bonchev–Trinajstić information content (AvgIpc) is 2.86. The number of amides is 2. The van der Waals surface area contributed by atoms with Gasteiger partial charge in [-0.3, -0.25) is 13.9 Å². The number of carbonyl (C=O) groups is 2. The number of hydrogen-bond donors (Lipinski definition) is 1. The smallest absolute Gasteiger partial charge is 0.242 e. The van der Waals surface area contributed by atoms with Crippen molar-refractivity contribution in [3.8, 4) is 11.5 Å². The highest BCUT2D eigenvalue weighted by Crippen LogP contribution is 2.24. The monoisotopic (exact) mass is 519 g/mol. The van der Waals surface area contributed by atoms with E-state index in [0.717, 1.165) is 11.8 Å². The minimum Gasteiger partial charge on any atom is -0.497 e. The molecule has 10 heteroatoms. The predicted octanol–water partition coefficient (Wildman–Crippen LogP) is 3.19. The molecule has 36 heavy (non-hydrogen) atoms. The van der Waals surface area contributed by atoms with Crippen molar-refractivity contribution >= 4 is 27.5 Å². The van der Waals surface area contributed by atoms with Gasteiger partial charge in [-0.15, -0.1) is 0 Å². The summed E-state index contributed by atoms with van der Waals surface area (Å²) >= 11 is 0. The van der Waals surface area contributed by atoms with Gasteiger partial charge in [0, 0.05) is 32.1 Å². The summed E-state index contributed by atoms with van der Waals surface area (Å²) in [7, 11) is -0.487. The first kappa shape index (κ1) is 29.0. The van der Waals surface area contributed by atoms with E-state index in [2.05, 4.69) is 5.32 Å². The Hall–Kier alpha value is -3.27. The number of ether oxygens (including phenoxy) is 2. The topological polar surface area (TPSA) is 105 Å². The summed E-state index contributed by atoms with van der Waals surface area (Å²) in [5.41, 5.74) is 1.33. The van der Waals surface area contributed by atoms with Crippen molar-refractivity contribution in [3.05, 3.63) is 54.1 Å². The van der Waals surface area contributed by atoms with Crippen molar-refractivity contribution in [2.24, 2.45) is 0 Å². The van der Waals surface area contributed by atoms with Crippen molar-refractivity contribution in [2.75, 3.05) is 37.9 Å². The zero-order valence-electron chi connectivity index (χ0n) is 21.7. The molecule has 0 aliphatic heterocycles. The number of benzene rings is 2. The molecule has 0 radical (unpaired) electrons. The first-order valence-electron chi connectivity index (χ1n) is 12.0. The van der Waals surface area contributed by atoms with Crippen LogP contribution in [0.3, 0.4) is 0 Å². The van der Waals surface area contributed by atoms with E-state index in [1.54, 1.807) is 36.3 Å². The second kappa shape index (κ2) is 13.7. The van der Waals surface area contributed by atoms with Gasteiger partial charge in [0.15, 0.2) is 0 Å². The largest absolute Gasteiger partial charge is 0.497 e. The zero-order valence-corrected chi connectivity index (χ0v) is 22.5. The molecular weight excluding hydrogens is 482 g/mol. The summed E-state index contributed by atoms with van der Waals surface area (Å²) in [6.07, 6.45) is 1.95. The lowest BCUT2D eigenvalue weighted by Crippen LogP contribution is -2.49. The first-order chi connectivity index (χ1) is 17.1. The summed E-state index contributed by atoms with van der Waals surface area (Å²) < 4.78 is 36.6. The molecule has 1 atom stereocenters. The molecule has 1 N–H and O–H groups in total. The van der Waals surface area contributed by atoms with E-state index < -0.39 is 16.1 Å². The molecule has 0 saturated carbocycles. The number of anilines is 1. The Morgan fingerprint density at radius 1 is 1.00 bits per heavy atom. The lowest BCUT2D eigenvalue weighted by atomic mass is 10.1. The van der Waals surface area contributed by atoms with Gasteiger partial charge in [0.05, 0.1) is 26.2 Å². The van der Waals surface area contributed by atoms with Crippen LogP contribution in [0, 0.1) is 0 Å². The van der Waals surface area contributed by atoms with Crippen LogP contribution in [0.5, 0.6) is 11.5 Å². The number of sulfonamides is 1. The third-order valence-corrected chi connectivity index (χ3v) is 6.94. The number of likely N-dealkylation sites (N-methyl/N-ethyl adjacent to an activating group) is 1. The average molecular weight is 520 g/mol. The summed E-state index contributed by atoms with van der Waals surface area (Å²) in [6.45, 7) is 4.53. The third-order valence-electron chi connectivity index (χ3n) is 5.74. The standard InChI is InChI=1S/C26H37N3O6S/c1-6-24(26(31)27-7-2)28(19-20-13-15-22(34-3)16-14-20)25(30)12-9-17-29(36(5,32)33)21-10-8-11-23(18-21)35-4/h8,10-11,13-16,18,24H,6-7,9,12,17,19H2,1-5H3,(H,27,31)/t24-/m1/s1. The maximum absolute atomic E-state index is 13.4. The van der Waals surface area contributed by atoms with Crippen LogP contribution in [0.1, 0.15) is 38.7 Å². The fraction of sp³-hybridized carbons (Fsp3) is 0.462. The van der Waals surface area contributed by atoms with E-state index in [0.29, 0.717) is 30.2 Å². The molecule has 0 aliphatic rings. The fourth-order valence-corrected chi connectivity index (χ4v) is 4.87. The first-order valence-corrected chi connectivity index (χ1v) is 13.8. The molecule has 2 aromatic carbocycles. The number of nitrogens with one attached hydrogen (secondary N) is 1. The summed E-state index contributed by atoms with van der Waals surface area (Å²) in [5.74, 6) is 0.806. The van der Waals surface area contributed by atoms with Crippen LogP contribution < -0.4 is 19.1 Å². The molecule has 0 bridgehead atoms. The van der Waals surface area contributed by atoms with Gasteiger partial charge in [-0.05, 0) is 49.6 Å². The van der Waals surface area contributed by atoms with Crippen LogP contribution in [0.4, 0.5) is 5.69 Å². The van der Waals surface area contributed by atoms with Gasteiger partial charge in [0.1, 0.15) is 17.5 Å². The summed E-state index contributed by atoms with van der Waals surface area (Å²) in [6, 6.07) is 13.5. The maximum atomic E-state index is 13.4. The minimum atomic E-state index is -3.58. The van der Waals surface area contributed by atoms with E-state index in [-0.39, 0.29) is 37.7 Å². The SMILES string of the molecule is CCNC(=O)[C@@H](CC)N(Cc1ccc(OC)cc1)C(=O)CCCN(c1cccc(OC)c1)S(C)(=O)=O. The highest BCUT2D eigenvalue weighted by Gasteiger charge is 2.28. The van der Waals surface area contributed by atoms with Crippen LogP contribution in [-0.4, -0.2) is 64.7 Å². The molecule has 2 amide bonds. The molecule has 0 heterocycles. The molecule has 0 aliphatic carbocycles. The summed E-state index contributed by atoms with van der Waals surface area (Å²) in [5, 5.41) is 2.81. The van der Waals surface area contributed by atoms with E-state index in [4.69, 9.17) is 9.47 Å². The molecule has 9 nitrogen and oxygen atoms in total. The summed E-state index contributed by atoms with van der Waals surface area (Å²) in [4.78, 5) is 27.7. The van der Waals surface area contributed by atoms with Gasteiger partial charge in [0.2, 0.25) is 21.8 Å². The molecule has 0 unspecified atom stereocenters. The Balaban J connectivity index is 2.21. The van der Waals surface area contributed by atoms with Crippen molar-refractivity contribution in [1.82, 2.24) is 10.2 Å². The van der Waals surface area contributed by atoms with E-state index in [1.807, 2.05) is 38.1 Å². The van der Waals surface area contributed by atoms with Crippen LogP contribution in [0.2, 0.25) is 0 Å². The third kappa shape index (κ3) is 8.15. The Labute approximate surface area is 214 Å². The maximum Gasteiger partial charge on any atom is 0.242 e. The van der Waals surface area contributed by atoms with Crippen molar-refractivity contribution in [2.45, 2.75) is 45.7 Å². The van der Waals surface area contributed by atoms with E-state index in [1.165, 1.54) is 11.4 Å². The van der Waals surface area contributed by atoms with Gasteiger partial charge in [-0.25, -0.2) is 8.42 Å². The lowest BCUT2D eigenvalue weighted by molar-refractivity contribution is -0.141. The number of rotatable bonds is 14. The Bertz CT molecular complexity index is 1100. The highest BCUT2D eigenvalue weighted by molar-refractivity contribution is 7.92. The van der Waals surface area contributed by atoms with Gasteiger partial charge < -0.3 is 19.7 Å². The second-order valence-electron chi connectivity index (χ2n) is 8.33. The predicted molar refractivity (Wildman–Crippen MR) is 141 cm³/mol. The highest BCUT2D eigenvalue weighted by atomic mass is 32.2. The van der Waals surface area contributed by atoms with Crippen LogP contribution >= 0.6 is 0 Å². The Morgan fingerprint density at radius 3 is 2.22 bits per heavy atom. The molecule has 0 aromatic heterocycles. The van der Waals surface area contributed by atoms with Crippen LogP contribution in [-0.2, 0) is 26.2 Å². The molecule has 0 saturated heterocycles. The molecule has 2 rings (SSSR count). The fourth-order valence-electron chi connectivity index (χ4n) is 3.91. The van der Waals surface area contributed by atoms with Gasteiger partial charge >= 0.3 is 0 Å². The van der Waals surface area contributed by atoms with Gasteiger partial charge in [-0.2, -0.15) is 0 Å². The van der Waals surface area contributed by atoms with Crippen LogP contribution in [0.25, 0.3) is 0 Å². The normalized spacial score (nSPS) is 11.9. The number of methoxy groups -OCH3 is 2. The number of hydrogen-bond acceptors (Lipinski definition) is 6. The van der Waals surface area contributed by atoms with E-state index in [9.17, 15) is 18.0 Å². The Morgan fingerprint density at radius 2 is 1.67 bits per heavy atom. The Kier molecular flexibility index (Phi) is 11.0. The van der Waals surface area contributed by atoms with E-state index >= 15 is 0 Å². The van der Waals surface area contributed by atoms with Gasteiger partial charge in [0.25, 0.3) is 0 Å². The molecule has 0 fully saturated rings. The zero-order chi connectivity index (χ0) is 26.7. The van der Waals surface area contributed by atoms with Crippen LogP contribution in [0.15, 0.2) is 48.5 Å². The number of carbonyl (C=O) groups excluding carboxylic acids is 2. The molecule has 198 valence electrons. The molecule has 2 aromatic rings. The second-order valence-corrected chi connectivity index (χ2v) is 10.2. The quantitative estimate of drug-likeness (QED) is 0.411. The van der Waals surface area contributed by atoms with Gasteiger partial charge in [-0.1, -0.05) is 25.1 Å². The van der Waals surface area contributed by atoms with Crippen molar-refractivity contribution in [1.29, 1.82) is 0 Å². The van der Waals surface area contributed by atoms with Crippen molar-refractivity contribution < 1.29 is 27.5 Å². The van der Waals surface area contributed by atoms with Crippen molar-refractivity contribution in [3.63, 3.8) is 0 Å². The lowest BCUT2D eigenvalue weighted by Gasteiger charge is -2.31.